The SMILES string of the molecule is CN(C(=O)NCc1cc2cc(Cl)ccc2[nH]1)C1CCCN(C(=O)C2(F)CC2)C1. The van der Waals surface area contributed by atoms with Gasteiger partial charge in [-0.15, -0.1) is 0 Å². The molecule has 0 spiro atoms. The number of nitrogens with one attached hydrogen (secondary N) is 2. The van der Waals surface area contributed by atoms with Crippen molar-refractivity contribution in [2.75, 3.05) is 20.1 Å². The third kappa shape index (κ3) is 3.81. The quantitative estimate of drug-likeness (QED) is 0.816. The lowest BCUT2D eigenvalue weighted by Crippen LogP contribution is -2.54. The van der Waals surface area contributed by atoms with Gasteiger partial charge in [-0.05, 0) is 49.9 Å². The van der Waals surface area contributed by atoms with E-state index >= 15 is 0 Å². The Kier molecular flexibility index (Phi) is 4.95. The van der Waals surface area contributed by atoms with Crippen molar-refractivity contribution < 1.29 is 14.0 Å². The van der Waals surface area contributed by atoms with Gasteiger partial charge < -0.3 is 20.1 Å². The summed E-state index contributed by atoms with van der Waals surface area (Å²) in [7, 11) is 1.72. The number of likely N-dealkylation sites (N-methyl/N-ethyl adjacent to an activating group) is 1. The van der Waals surface area contributed by atoms with Crippen molar-refractivity contribution in [2.45, 2.75) is 43.9 Å². The molecule has 6 nitrogen and oxygen atoms in total. The largest absolute Gasteiger partial charge is 0.357 e. The highest BCUT2D eigenvalue weighted by Gasteiger charge is 2.53. The number of benzene rings is 1. The zero-order chi connectivity index (χ0) is 19.9. The van der Waals surface area contributed by atoms with E-state index in [2.05, 4.69) is 10.3 Å². The van der Waals surface area contributed by atoms with E-state index in [1.54, 1.807) is 16.8 Å². The molecule has 1 aliphatic heterocycles. The Morgan fingerprint density at radius 2 is 2.18 bits per heavy atom. The number of nitrogens with zero attached hydrogens (tertiary/aromatic N) is 2. The number of rotatable bonds is 4. The molecule has 1 unspecified atom stereocenters. The highest BCUT2D eigenvalue weighted by molar-refractivity contribution is 6.31. The summed E-state index contributed by atoms with van der Waals surface area (Å²) in [4.78, 5) is 31.3. The lowest BCUT2D eigenvalue weighted by Gasteiger charge is -2.38. The molecule has 0 radical (unpaired) electrons. The van der Waals surface area contributed by atoms with E-state index in [9.17, 15) is 14.0 Å². The van der Waals surface area contributed by atoms with Gasteiger partial charge in [-0.3, -0.25) is 4.79 Å². The first-order chi connectivity index (χ1) is 13.4. The van der Waals surface area contributed by atoms with Gasteiger partial charge in [0.05, 0.1) is 12.6 Å². The van der Waals surface area contributed by atoms with Crippen LogP contribution in [0.3, 0.4) is 0 Å². The molecule has 1 aromatic carbocycles. The number of alkyl halides is 1. The standard InChI is InChI=1S/C20H24ClFN4O2/c1-25(16-3-2-8-26(12-16)18(27)20(22)6-7-20)19(28)23-11-15-10-13-9-14(21)4-5-17(13)24-15/h4-5,9-10,16,24H,2-3,6-8,11-12H2,1H3,(H,23,28). The van der Waals surface area contributed by atoms with E-state index in [0.29, 0.717) is 37.5 Å². The van der Waals surface area contributed by atoms with Gasteiger partial charge in [0.15, 0.2) is 5.67 Å². The van der Waals surface area contributed by atoms with Crippen LogP contribution in [0.2, 0.25) is 5.02 Å². The second-order valence-electron chi connectivity index (χ2n) is 7.81. The average Bonchev–Trinajstić information content (AvgIpc) is 3.32. The third-order valence-electron chi connectivity index (χ3n) is 5.69. The average molecular weight is 407 g/mol. The molecule has 2 aliphatic rings. The van der Waals surface area contributed by atoms with Crippen molar-refractivity contribution in [2.24, 2.45) is 0 Å². The molecule has 28 heavy (non-hydrogen) atoms. The Bertz CT molecular complexity index is 911. The van der Waals surface area contributed by atoms with E-state index in [4.69, 9.17) is 11.6 Å². The number of halogens is 2. The van der Waals surface area contributed by atoms with E-state index in [1.165, 1.54) is 0 Å². The molecule has 8 heteroatoms. The molecule has 3 amide bonds. The fourth-order valence-electron chi connectivity index (χ4n) is 3.78. The monoisotopic (exact) mass is 406 g/mol. The van der Waals surface area contributed by atoms with Gasteiger partial charge in [0, 0.05) is 41.8 Å². The van der Waals surface area contributed by atoms with E-state index in [-0.39, 0.29) is 12.1 Å². The molecule has 1 aliphatic carbocycles. The van der Waals surface area contributed by atoms with Gasteiger partial charge in [0.2, 0.25) is 0 Å². The fraction of sp³-hybridized carbons (Fsp3) is 0.500. The Labute approximate surface area is 168 Å². The molecule has 150 valence electrons. The van der Waals surface area contributed by atoms with E-state index in [0.717, 1.165) is 29.4 Å². The van der Waals surface area contributed by atoms with Gasteiger partial charge in [-0.25, -0.2) is 9.18 Å². The highest BCUT2D eigenvalue weighted by Crippen LogP contribution is 2.42. The first-order valence-electron chi connectivity index (χ1n) is 9.62. The number of aromatic amines is 1. The van der Waals surface area contributed by atoms with Crippen LogP contribution >= 0.6 is 11.6 Å². The third-order valence-corrected chi connectivity index (χ3v) is 5.93. The number of aromatic nitrogens is 1. The molecule has 2 heterocycles. The van der Waals surface area contributed by atoms with Gasteiger partial charge >= 0.3 is 6.03 Å². The van der Waals surface area contributed by atoms with Crippen LogP contribution in [-0.2, 0) is 11.3 Å². The number of hydrogen-bond acceptors (Lipinski definition) is 2. The minimum atomic E-state index is -1.65. The van der Waals surface area contributed by atoms with Crippen molar-refractivity contribution in [3.8, 4) is 0 Å². The number of amides is 3. The molecule has 1 saturated heterocycles. The second-order valence-corrected chi connectivity index (χ2v) is 8.24. The minimum absolute atomic E-state index is 0.110. The van der Waals surface area contributed by atoms with Crippen molar-refractivity contribution in [3.63, 3.8) is 0 Å². The maximum atomic E-state index is 14.1. The van der Waals surface area contributed by atoms with Crippen LogP contribution in [0.5, 0.6) is 0 Å². The van der Waals surface area contributed by atoms with Crippen LogP contribution in [-0.4, -0.2) is 58.6 Å². The van der Waals surface area contributed by atoms with Crippen LogP contribution in [0.25, 0.3) is 10.9 Å². The van der Waals surface area contributed by atoms with Crippen LogP contribution in [0.4, 0.5) is 9.18 Å². The first-order valence-corrected chi connectivity index (χ1v) is 10.00. The minimum Gasteiger partial charge on any atom is -0.357 e. The van der Waals surface area contributed by atoms with Crippen molar-refractivity contribution >= 4 is 34.4 Å². The van der Waals surface area contributed by atoms with Crippen LogP contribution < -0.4 is 5.32 Å². The predicted octanol–water partition coefficient (Wildman–Crippen LogP) is 3.46. The molecule has 4 rings (SSSR count). The summed E-state index contributed by atoms with van der Waals surface area (Å²) < 4.78 is 14.1. The number of carbonyl (C=O) groups is 2. The molecule has 1 atom stereocenters. The van der Waals surface area contributed by atoms with Crippen molar-refractivity contribution in [3.05, 3.63) is 35.0 Å². The number of H-pyrrole nitrogens is 1. The first kappa shape index (κ1) is 19.1. The summed E-state index contributed by atoms with van der Waals surface area (Å²) in [6.07, 6.45) is 2.21. The summed E-state index contributed by atoms with van der Waals surface area (Å²) in [6.45, 7) is 1.31. The fourth-order valence-corrected chi connectivity index (χ4v) is 3.96. The number of hydrogen-bond donors (Lipinski definition) is 2. The van der Waals surface area contributed by atoms with Crippen LogP contribution in [0, 0.1) is 0 Å². The molecule has 2 aromatic rings. The Morgan fingerprint density at radius 3 is 2.93 bits per heavy atom. The van der Waals surface area contributed by atoms with Gasteiger partial charge in [0.25, 0.3) is 5.91 Å². The highest BCUT2D eigenvalue weighted by atomic mass is 35.5. The smallest absolute Gasteiger partial charge is 0.317 e. The number of carbonyl (C=O) groups excluding carboxylic acids is 2. The maximum absolute atomic E-state index is 14.1. The summed E-state index contributed by atoms with van der Waals surface area (Å²) in [5.41, 5.74) is 0.192. The van der Waals surface area contributed by atoms with E-state index < -0.39 is 11.6 Å². The lowest BCUT2D eigenvalue weighted by molar-refractivity contribution is -0.140. The summed E-state index contributed by atoms with van der Waals surface area (Å²) >= 11 is 6.01. The van der Waals surface area contributed by atoms with Crippen molar-refractivity contribution in [1.82, 2.24) is 20.1 Å². The summed E-state index contributed by atoms with van der Waals surface area (Å²) in [5.74, 6) is -0.414. The van der Waals surface area contributed by atoms with E-state index in [1.807, 2.05) is 24.3 Å². The molecule has 1 saturated carbocycles. The van der Waals surface area contributed by atoms with Crippen LogP contribution in [0.15, 0.2) is 24.3 Å². The topological polar surface area (TPSA) is 68.4 Å². The van der Waals surface area contributed by atoms with Crippen LogP contribution in [0.1, 0.15) is 31.4 Å². The number of likely N-dealkylation sites (tertiary alicyclic amines) is 1. The van der Waals surface area contributed by atoms with Gasteiger partial charge in [-0.2, -0.15) is 0 Å². The molecular formula is C20H24ClFN4O2. The molecule has 2 fully saturated rings. The number of urea groups is 1. The molecular weight excluding hydrogens is 383 g/mol. The lowest BCUT2D eigenvalue weighted by atomic mass is 10.0. The number of fused-ring (bicyclic) bond motifs is 1. The molecule has 1 aromatic heterocycles. The molecule has 0 bridgehead atoms. The number of piperidine rings is 1. The molecule has 2 N–H and O–H groups in total. The maximum Gasteiger partial charge on any atom is 0.317 e. The normalized spacial score (nSPS) is 20.8. The predicted molar refractivity (Wildman–Crippen MR) is 106 cm³/mol. The Hall–Kier alpha value is -2.28. The zero-order valence-electron chi connectivity index (χ0n) is 15.8. The summed E-state index contributed by atoms with van der Waals surface area (Å²) in [5, 5.41) is 4.56. The van der Waals surface area contributed by atoms with Gasteiger partial charge in [0.1, 0.15) is 0 Å². The van der Waals surface area contributed by atoms with Gasteiger partial charge in [-0.1, -0.05) is 11.6 Å². The summed E-state index contributed by atoms with van der Waals surface area (Å²) in [6, 6.07) is 7.23. The Morgan fingerprint density at radius 1 is 1.39 bits per heavy atom. The second kappa shape index (κ2) is 7.28. The Balaban J connectivity index is 1.34. The van der Waals surface area contributed by atoms with Crippen molar-refractivity contribution in [1.29, 1.82) is 0 Å². The zero-order valence-corrected chi connectivity index (χ0v) is 16.6.